The molecule has 6 atom stereocenters. The molecule has 0 aromatic carbocycles. The van der Waals surface area contributed by atoms with E-state index in [9.17, 15) is 33.9 Å². The van der Waals surface area contributed by atoms with E-state index in [1.165, 1.54) is 33.4 Å². The van der Waals surface area contributed by atoms with Crippen LogP contribution in [-0.4, -0.2) is 120 Å². The van der Waals surface area contributed by atoms with Crippen LogP contribution in [-0.2, 0) is 42.9 Å². The van der Waals surface area contributed by atoms with Crippen LogP contribution in [0.4, 0.5) is 9.59 Å². The molecule has 16 heteroatoms. The first-order chi connectivity index (χ1) is 21.8. The van der Waals surface area contributed by atoms with Gasteiger partial charge in [0.15, 0.2) is 0 Å². The van der Waals surface area contributed by atoms with E-state index in [0.29, 0.717) is 11.3 Å². The molecule has 0 aromatic heterocycles. The largest absolute Gasteiger partial charge is 0.511 e. The zero-order valence-corrected chi connectivity index (χ0v) is 27.6. The van der Waals surface area contributed by atoms with Gasteiger partial charge in [0.25, 0.3) is 0 Å². The van der Waals surface area contributed by atoms with E-state index in [1.807, 2.05) is 13.8 Å². The summed E-state index contributed by atoms with van der Waals surface area (Å²) in [4.78, 5) is 80.7. The zero-order chi connectivity index (χ0) is 33.7. The van der Waals surface area contributed by atoms with Crippen molar-refractivity contribution < 1.29 is 57.6 Å². The van der Waals surface area contributed by atoms with Crippen LogP contribution in [0.2, 0.25) is 0 Å². The Morgan fingerprint density at radius 2 is 1.72 bits per heavy atom. The monoisotopic (exact) mass is 669 g/mol. The maximum Gasteiger partial charge on any atom is 0.511 e. The van der Waals surface area contributed by atoms with Gasteiger partial charge < -0.3 is 38.6 Å². The maximum absolute atomic E-state index is 13.4. The highest BCUT2D eigenvalue weighted by molar-refractivity contribution is 8.03. The first kappa shape index (κ1) is 35.3. The van der Waals surface area contributed by atoms with Gasteiger partial charge in [-0.2, -0.15) is 0 Å². The van der Waals surface area contributed by atoms with Crippen LogP contribution in [0.3, 0.4) is 0 Å². The Bertz CT molecular complexity index is 1230. The van der Waals surface area contributed by atoms with Gasteiger partial charge in [-0.25, -0.2) is 14.4 Å². The fourth-order valence-electron chi connectivity index (χ4n) is 6.35. The maximum atomic E-state index is 13.4. The predicted octanol–water partition coefficient (Wildman–Crippen LogP) is 2.35. The van der Waals surface area contributed by atoms with E-state index in [-0.39, 0.29) is 43.0 Å². The van der Waals surface area contributed by atoms with Crippen LogP contribution in [0.1, 0.15) is 65.7 Å². The lowest BCUT2D eigenvalue weighted by Crippen LogP contribution is -2.63. The third-order valence-electron chi connectivity index (χ3n) is 8.61. The van der Waals surface area contributed by atoms with Crippen LogP contribution in [0, 0.1) is 11.8 Å². The van der Waals surface area contributed by atoms with Crippen LogP contribution in [0.15, 0.2) is 10.6 Å². The van der Waals surface area contributed by atoms with Crippen molar-refractivity contribution in [3.63, 3.8) is 0 Å². The molecule has 0 radical (unpaired) electrons. The Labute approximate surface area is 271 Å². The summed E-state index contributed by atoms with van der Waals surface area (Å²) in [7, 11) is 3.12. The number of thioether (sulfide) groups is 1. The molecule has 3 aliphatic heterocycles. The minimum absolute atomic E-state index is 0.0310. The van der Waals surface area contributed by atoms with Crippen molar-refractivity contribution in [3.8, 4) is 0 Å². The Kier molecular flexibility index (Phi) is 11.8. The number of carbonyl (C=O) groups is 6. The third-order valence-corrected chi connectivity index (χ3v) is 10.1. The molecule has 1 aliphatic carbocycles. The molecule has 256 valence electrons. The molecular weight excluding hydrogens is 626 g/mol. The van der Waals surface area contributed by atoms with Gasteiger partial charge >= 0.3 is 24.2 Å². The number of fused-ring (bicyclic) bond motifs is 1. The lowest BCUT2D eigenvalue weighted by atomic mass is 9.79. The molecule has 3 amide bonds. The summed E-state index contributed by atoms with van der Waals surface area (Å²) in [6, 6.07) is -1.40. The van der Waals surface area contributed by atoms with Crippen molar-refractivity contribution in [2.45, 2.75) is 95.3 Å². The molecule has 0 bridgehead atoms. The number of likely N-dealkylation sites (tertiary alicyclic amines) is 1. The van der Waals surface area contributed by atoms with E-state index in [2.05, 4.69) is 0 Å². The van der Waals surface area contributed by atoms with E-state index >= 15 is 0 Å². The number of hydrogen-bond acceptors (Lipinski definition) is 13. The molecule has 3 heterocycles. The molecule has 0 spiro atoms. The molecule has 2 saturated heterocycles. The lowest BCUT2D eigenvalue weighted by Gasteiger charge is -2.46. The normalized spacial score (nSPS) is 26.3. The number of hydrogen-bond donors (Lipinski definition) is 1. The van der Waals surface area contributed by atoms with E-state index in [0.717, 1.165) is 25.7 Å². The highest BCUT2D eigenvalue weighted by atomic mass is 32.2. The second-order valence-electron chi connectivity index (χ2n) is 12.1. The minimum atomic E-state index is -0.961. The number of carbonyl (C=O) groups excluding carboxylic acids is 6. The summed E-state index contributed by atoms with van der Waals surface area (Å²) in [5.41, 5.74) is -0.0310. The fourth-order valence-corrected chi connectivity index (χ4v) is 7.87. The van der Waals surface area contributed by atoms with E-state index in [1.54, 1.807) is 14.1 Å². The van der Waals surface area contributed by atoms with E-state index in [4.69, 9.17) is 23.7 Å². The van der Waals surface area contributed by atoms with Gasteiger partial charge in [0.2, 0.25) is 25.4 Å². The van der Waals surface area contributed by atoms with Gasteiger partial charge in [0, 0.05) is 43.1 Å². The van der Waals surface area contributed by atoms with Crippen molar-refractivity contribution in [3.05, 3.63) is 10.6 Å². The van der Waals surface area contributed by atoms with Crippen LogP contribution in [0.25, 0.3) is 0 Å². The first-order valence-corrected chi connectivity index (χ1v) is 16.5. The van der Waals surface area contributed by atoms with E-state index < -0.39 is 73.0 Å². The number of β-lactam (4-membered cyclic amide) rings is 1. The predicted molar refractivity (Wildman–Crippen MR) is 160 cm³/mol. The Morgan fingerprint density at radius 1 is 1.04 bits per heavy atom. The average molecular weight is 670 g/mol. The summed E-state index contributed by atoms with van der Waals surface area (Å²) >= 11 is 1.24. The van der Waals surface area contributed by atoms with Crippen molar-refractivity contribution in [2.75, 3.05) is 34.2 Å². The van der Waals surface area contributed by atoms with Crippen molar-refractivity contribution in [2.24, 2.45) is 11.8 Å². The molecule has 1 saturated carbocycles. The van der Waals surface area contributed by atoms with Gasteiger partial charge in [0.1, 0.15) is 17.8 Å². The zero-order valence-electron chi connectivity index (χ0n) is 26.8. The van der Waals surface area contributed by atoms with Crippen molar-refractivity contribution >= 4 is 47.8 Å². The number of nitrogens with zero attached hydrogens (tertiary/aromatic N) is 3. The average Bonchev–Trinajstić information content (AvgIpc) is 3.71. The summed E-state index contributed by atoms with van der Waals surface area (Å²) in [6.07, 6.45) is 1.36. The van der Waals surface area contributed by atoms with Crippen molar-refractivity contribution in [1.29, 1.82) is 0 Å². The van der Waals surface area contributed by atoms with Crippen LogP contribution >= 0.6 is 11.8 Å². The Balaban J connectivity index is 1.48. The summed E-state index contributed by atoms with van der Waals surface area (Å²) in [5, 5.41) is 9.91. The smallest absolute Gasteiger partial charge is 0.431 e. The van der Waals surface area contributed by atoms with Gasteiger partial charge in [-0.05, 0) is 45.4 Å². The highest BCUT2D eigenvalue weighted by Crippen LogP contribution is 2.52. The second kappa shape index (κ2) is 15.4. The first-order valence-electron chi connectivity index (χ1n) is 15.6. The summed E-state index contributed by atoms with van der Waals surface area (Å²) in [6.45, 7) is 3.89. The van der Waals surface area contributed by atoms with Gasteiger partial charge in [-0.15, -0.1) is 11.8 Å². The van der Waals surface area contributed by atoms with Crippen LogP contribution < -0.4 is 0 Å². The van der Waals surface area contributed by atoms with Crippen LogP contribution in [0.5, 0.6) is 0 Å². The number of aliphatic hydroxyl groups excluding tert-OH is 1. The summed E-state index contributed by atoms with van der Waals surface area (Å²) in [5.74, 6) is -3.32. The third kappa shape index (κ3) is 7.70. The quantitative estimate of drug-likeness (QED) is 0.139. The fraction of sp³-hybridized carbons (Fsp3) is 0.733. The topological polar surface area (TPSA) is 179 Å². The molecule has 4 aliphatic rings. The van der Waals surface area contributed by atoms with Gasteiger partial charge in [-0.1, -0.05) is 13.8 Å². The molecular formula is C30H43N3O12S. The molecule has 46 heavy (non-hydrogen) atoms. The van der Waals surface area contributed by atoms with Crippen molar-refractivity contribution in [1.82, 2.24) is 14.7 Å². The highest BCUT2D eigenvalue weighted by Gasteiger charge is 2.60. The standard InChI is InChI=1S/C30H43N3O12S/c1-6-9-21(35)41-14-43-29(39)32-13-19(12-20(32)26(36)31(4)5)46-25-16(2)23-22(17(3)34)27(37)33(23)24(25)28(38)42-15-44-30(40)45-18-10-7-8-11-18/h16-20,22-23,34H,6-15H2,1-5H3/t16-,17-,19?,20?,22?,23?/m1/s1. The van der Waals surface area contributed by atoms with Gasteiger partial charge in [-0.3, -0.25) is 19.3 Å². The number of esters is 2. The Morgan fingerprint density at radius 3 is 2.35 bits per heavy atom. The molecule has 3 fully saturated rings. The number of amides is 3. The van der Waals surface area contributed by atoms with Gasteiger partial charge in [0.05, 0.1) is 18.1 Å². The number of rotatable bonds is 12. The number of aliphatic hydroxyl groups is 1. The molecule has 0 aromatic rings. The molecule has 4 rings (SSSR count). The molecule has 1 N–H and O–H groups in total. The lowest BCUT2D eigenvalue weighted by molar-refractivity contribution is -0.166. The summed E-state index contributed by atoms with van der Waals surface area (Å²) < 4.78 is 25.5. The molecule has 15 nitrogen and oxygen atoms in total. The number of likely N-dealkylation sites (N-methyl/N-ethyl adjacent to an activating group) is 1. The Hall–Kier alpha value is -3.53. The minimum Gasteiger partial charge on any atom is -0.431 e. The number of ether oxygens (including phenoxy) is 5. The SMILES string of the molecule is CCCC(=O)OCOC(=O)N1CC(SC2=C(C(=O)OCOC(=O)OC3CCCC3)N3C(=O)C([C@@H](C)O)C3[C@H]2C)CC1C(=O)N(C)C. The molecule has 4 unspecified atom stereocenters. The second-order valence-corrected chi connectivity index (χ2v) is 13.4.